The van der Waals surface area contributed by atoms with Crippen molar-refractivity contribution in [3.8, 4) is 11.3 Å². The highest BCUT2D eigenvalue weighted by Crippen LogP contribution is 2.53. The Morgan fingerprint density at radius 3 is 2.33 bits per heavy atom. The van der Waals surface area contributed by atoms with Gasteiger partial charge in [-0.15, -0.1) is 0 Å². The summed E-state index contributed by atoms with van der Waals surface area (Å²) in [5.41, 5.74) is 0.528. The Hall–Kier alpha value is -4.98. The summed E-state index contributed by atoms with van der Waals surface area (Å²) < 4.78 is 54.3. The highest BCUT2D eigenvalue weighted by atomic mass is 19.4. The lowest BCUT2D eigenvalue weighted by Gasteiger charge is -2.42. The molecule has 8 rings (SSSR count). The van der Waals surface area contributed by atoms with E-state index in [0.29, 0.717) is 24.8 Å². The van der Waals surface area contributed by atoms with Crippen molar-refractivity contribution in [3.05, 3.63) is 125 Å². The number of amides is 2. The molecule has 0 spiro atoms. The first-order chi connectivity index (χ1) is 27.5. The fraction of sp³-hybridized carbons (Fsp3) is 0.432. The minimum atomic E-state index is -4.54. The SMILES string of the molecule is C[C@@]1(n2c(-c3ccccc3)coc2=O)C2OC2N([C@H](CC(=O)N2CCC(N3CCCCC3)CC2)C(=O)NCc2cccc(C(F)(F)F)c2)[C@@H]1/C=C/c1ccccc1. The summed E-state index contributed by atoms with van der Waals surface area (Å²) in [5, 5.41) is 2.87. The predicted octanol–water partition coefficient (Wildman–Crippen LogP) is 6.52. The van der Waals surface area contributed by atoms with Gasteiger partial charge in [-0.2, -0.15) is 13.2 Å². The van der Waals surface area contributed by atoms with Crippen molar-refractivity contribution in [1.29, 1.82) is 0 Å². The summed E-state index contributed by atoms with van der Waals surface area (Å²) in [6.07, 6.45) is 4.68. The van der Waals surface area contributed by atoms with E-state index in [1.807, 2.05) is 89.5 Å². The second-order valence-electron chi connectivity index (χ2n) is 15.8. The average Bonchev–Trinajstić information content (AvgIpc) is 3.88. The predicted molar refractivity (Wildman–Crippen MR) is 209 cm³/mol. The Morgan fingerprint density at radius 1 is 0.930 bits per heavy atom. The van der Waals surface area contributed by atoms with Crippen LogP contribution in [0.4, 0.5) is 13.2 Å². The molecule has 1 aromatic heterocycles. The molecule has 300 valence electrons. The number of aromatic nitrogens is 1. The first-order valence-electron chi connectivity index (χ1n) is 19.9. The van der Waals surface area contributed by atoms with Gasteiger partial charge in [0.15, 0.2) is 0 Å². The van der Waals surface area contributed by atoms with Crippen LogP contribution in [0.3, 0.4) is 0 Å². The quantitative estimate of drug-likeness (QED) is 0.173. The molecular weight excluding hydrogens is 736 g/mol. The molecule has 13 heteroatoms. The lowest BCUT2D eigenvalue weighted by Crippen LogP contribution is -2.58. The van der Waals surface area contributed by atoms with E-state index in [0.717, 1.165) is 49.2 Å². The molecule has 0 bridgehead atoms. The van der Waals surface area contributed by atoms with Gasteiger partial charge in [0.1, 0.15) is 24.6 Å². The number of alkyl halides is 3. The molecule has 0 aliphatic carbocycles. The van der Waals surface area contributed by atoms with Crippen LogP contribution in [0.15, 0.2) is 106 Å². The topological polar surface area (TPSA) is 104 Å². The van der Waals surface area contributed by atoms with Crippen molar-refractivity contribution in [2.24, 2.45) is 0 Å². The Bertz CT molecular complexity index is 2120. The van der Waals surface area contributed by atoms with Crippen LogP contribution in [0.25, 0.3) is 17.3 Å². The summed E-state index contributed by atoms with van der Waals surface area (Å²) in [6, 6.07) is 22.5. The van der Waals surface area contributed by atoms with Crippen molar-refractivity contribution in [3.63, 3.8) is 0 Å². The Labute approximate surface area is 329 Å². The summed E-state index contributed by atoms with van der Waals surface area (Å²) in [7, 11) is 0. The molecule has 4 saturated heterocycles. The highest BCUT2D eigenvalue weighted by Gasteiger charge is 2.70. The Balaban J connectivity index is 1.14. The molecule has 57 heavy (non-hydrogen) atoms. The van der Waals surface area contributed by atoms with Gasteiger partial charge in [-0.05, 0) is 69.0 Å². The first-order valence-corrected chi connectivity index (χ1v) is 19.9. The zero-order valence-corrected chi connectivity index (χ0v) is 31.9. The molecule has 3 aromatic carbocycles. The third-order valence-electron chi connectivity index (χ3n) is 12.3. The second kappa shape index (κ2) is 16.1. The van der Waals surface area contributed by atoms with Gasteiger partial charge in [-0.1, -0.05) is 91.4 Å². The number of oxazole rings is 1. The van der Waals surface area contributed by atoms with Gasteiger partial charge in [-0.25, -0.2) is 4.79 Å². The van der Waals surface area contributed by atoms with E-state index in [1.54, 1.807) is 4.57 Å². The fourth-order valence-electron chi connectivity index (χ4n) is 9.21. The number of halogens is 3. The summed E-state index contributed by atoms with van der Waals surface area (Å²) in [5.74, 6) is -1.31. The van der Waals surface area contributed by atoms with Crippen molar-refractivity contribution in [2.45, 2.75) is 94.2 Å². The van der Waals surface area contributed by atoms with Gasteiger partial charge in [0.05, 0.1) is 29.3 Å². The third-order valence-corrected chi connectivity index (χ3v) is 12.3. The van der Waals surface area contributed by atoms with Crippen molar-refractivity contribution < 1.29 is 31.9 Å². The molecule has 5 heterocycles. The number of fused-ring (bicyclic) bond motifs is 1. The first kappa shape index (κ1) is 38.9. The van der Waals surface area contributed by atoms with Gasteiger partial charge in [0, 0.05) is 31.2 Å². The molecule has 2 unspecified atom stereocenters. The largest absolute Gasteiger partial charge is 0.420 e. The van der Waals surface area contributed by atoms with Crippen LogP contribution >= 0.6 is 0 Å². The maximum Gasteiger partial charge on any atom is 0.420 e. The number of rotatable bonds is 11. The average molecular weight is 784 g/mol. The van der Waals surface area contributed by atoms with Gasteiger partial charge in [0.25, 0.3) is 0 Å². The number of likely N-dealkylation sites (tertiary alicyclic amines) is 3. The van der Waals surface area contributed by atoms with Crippen LogP contribution in [-0.4, -0.2) is 87.7 Å². The van der Waals surface area contributed by atoms with E-state index < -0.39 is 53.4 Å². The molecular formula is C44H48F3N5O5. The number of carbonyl (C=O) groups excluding carboxylic acids is 2. The minimum Gasteiger partial charge on any atom is -0.416 e. The van der Waals surface area contributed by atoms with E-state index in [4.69, 9.17) is 9.15 Å². The van der Waals surface area contributed by atoms with Crippen molar-refractivity contribution in [1.82, 2.24) is 24.6 Å². The van der Waals surface area contributed by atoms with Gasteiger partial charge in [-0.3, -0.25) is 19.1 Å². The van der Waals surface area contributed by atoms with Crippen LogP contribution in [-0.2, 0) is 32.6 Å². The molecule has 4 aliphatic rings. The standard InChI is InChI=1S/C44H48F3N5O5/c1-43(52-36(29-56-42(52)55)32-15-7-3-8-16-32)37(19-18-30-12-5-2-6-13-30)51(41-39(43)57-41)35(40(54)48-28-31-14-11-17-33(26-31)44(45,46)47)27-38(53)50-24-20-34(21-25-50)49-22-9-4-10-23-49/h2-3,5-8,11-19,26,29,34-35,37,39,41H,4,9-10,20-25,27-28H2,1H3,(H,48,54)/b19-18+/t35-,37-,39?,41?,43+/m1/s1. The summed E-state index contributed by atoms with van der Waals surface area (Å²) in [6.45, 7) is 5.02. The molecule has 4 aromatic rings. The van der Waals surface area contributed by atoms with Gasteiger partial charge >= 0.3 is 11.9 Å². The summed E-state index contributed by atoms with van der Waals surface area (Å²) in [4.78, 5) is 48.9. The zero-order chi connectivity index (χ0) is 39.7. The number of carbonyl (C=O) groups is 2. The minimum absolute atomic E-state index is 0.182. The van der Waals surface area contributed by atoms with Crippen LogP contribution < -0.4 is 11.1 Å². The van der Waals surface area contributed by atoms with E-state index in [2.05, 4.69) is 10.2 Å². The molecule has 2 amide bonds. The number of benzene rings is 3. The number of hydrogen-bond acceptors (Lipinski definition) is 7. The third kappa shape index (κ3) is 7.97. The monoisotopic (exact) mass is 783 g/mol. The van der Waals surface area contributed by atoms with Crippen LogP contribution in [0.2, 0.25) is 0 Å². The lowest BCUT2D eigenvalue weighted by atomic mass is 9.88. The maximum absolute atomic E-state index is 14.6. The van der Waals surface area contributed by atoms with Crippen molar-refractivity contribution >= 4 is 17.9 Å². The fourth-order valence-corrected chi connectivity index (χ4v) is 9.21. The summed E-state index contributed by atoms with van der Waals surface area (Å²) >= 11 is 0. The highest BCUT2D eigenvalue weighted by molar-refractivity contribution is 5.88. The van der Waals surface area contributed by atoms with Gasteiger partial charge < -0.3 is 24.3 Å². The van der Waals surface area contributed by atoms with Crippen LogP contribution in [0.5, 0.6) is 0 Å². The molecule has 5 atom stereocenters. The molecule has 0 radical (unpaired) electrons. The number of nitrogens with zero attached hydrogens (tertiary/aromatic N) is 4. The molecule has 4 fully saturated rings. The molecule has 0 saturated carbocycles. The number of ether oxygens (including phenoxy) is 1. The van der Waals surface area contributed by atoms with E-state index in [-0.39, 0.29) is 24.4 Å². The van der Waals surface area contributed by atoms with Crippen molar-refractivity contribution in [2.75, 3.05) is 26.2 Å². The number of piperidine rings is 2. The van der Waals surface area contributed by atoms with Crippen LogP contribution in [0.1, 0.15) is 62.1 Å². The van der Waals surface area contributed by atoms with E-state index >= 15 is 0 Å². The number of nitrogens with one attached hydrogen (secondary N) is 1. The Morgan fingerprint density at radius 2 is 1.63 bits per heavy atom. The zero-order valence-electron chi connectivity index (χ0n) is 31.9. The maximum atomic E-state index is 14.6. The van der Waals surface area contributed by atoms with E-state index in [1.165, 1.54) is 37.7 Å². The second-order valence-corrected chi connectivity index (χ2v) is 15.8. The lowest BCUT2D eigenvalue weighted by molar-refractivity contribution is -0.140. The number of hydrogen-bond donors (Lipinski definition) is 1. The Kier molecular flexibility index (Phi) is 11.0. The normalized spacial score (nSPS) is 25.1. The molecule has 10 nitrogen and oxygen atoms in total. The van der Waals surface area contributed by atoms with Crippen LogP contribution in [0, 0.1) is 0 Å². The molecule has 4 aliphatic heterocycles. The number of epoxide rings is 1. The smallest absolute Gasteiger partial charge is 0.416 e. The van der Waals surface area contributed by atoms with Gasteiger partial charge in [0.2, 0.25) is 11.8 Å². The molecule has 1 N–H and O–H groups in total. The van der Waals surface area contributed by atoms with E-state index in [9.17, 15) is 27.6 Å².